The molecular formula is C32H35ClN8O. The third kappa shape index (κ3) is 5.68. The van der Waals surface area contributed by atoms with Gasteiger partial charge in [-0.05, 0) is 61.4 Å². The molecule has 216 valence electrons. The Hall–Kier alpha value is -4.42. The van der Waals surface area contributed by atoms with Crippen molar-refractivity contribution in [2.24, 2.45) is 12.5 Å². The van der Waals surface area contributed by atoms with Crippen LogP contribution < -0.4 is 16.2 Å². The molecule has 0 aliphatic carbocycles. The Balaban J connectivity index is 1.69. The number of aromatic nitrogens is 5. The summed E-state index contributed by atoms with van der Waals surface area (Å²) in [7, 11) is 1.74. The van der Waals surface area contributed by atoms with Gasteiger partial charge in [0, 0.05) is 42.4 Å². The topological polar surface area (TPSA) is 113 Å². The molecule has 5 aromatic rings. The summed E-state index contributed by atoms with van der Waals surface area (Å²) < 4.78 is 3.39. The molecule has 1 atom stereocenters. The summed E-state index contributed by atoms with van der Waals surface area (Å²) in [6.45, 7) is 13.2. The largest absolute Gasteiger partial charge is 0.383 e. The van der Waals surface area contributed by atoms with Crippen LogP contribution in [0.1, 0.15) is 64.4 Å². The second kappa shape index (κ2) is 10.8. The number of nitrogens with one attached hydrogen (secondary N) is 2. The molecule has 0 saturated heterocycles. The fourth-order valence-corrected chi connectivity index (χ4v) is 5.11. The molecular weight excluding hydrogens is 548 g/mol. The zero-order chi connectivity index (χ0) is 30.4. The zero-order valence-corrected chi connectivity index (χ0v) is 25.7. The van der Waals surface area contributed by atoms with Crippen molar-refractivity contribution in [1.82, 2.24) is 24.5 Å². The van der Waals surface area contributed by atoms with Crippen molar-refractivity contribution in [1.29, 1.82) is 5.26 Å². The van der Waals surface area contributed by atoms with E-state index in [9.17, 15) is 10.1 Å². The second-order valence-electron chi connectivity index (χ2n) is 12.8. The zero-order valence-electron chi connectivity index (χ0n) is 25.0. The molecule has 3 aromatic heterocycles. The van der Waals surface area contributed by atoms with Crippen molar-refractivity contribution in [2.75, 3.05) is 17.2 Å². The molecule has 2 N–H and O–H groups in total. The molecule has 0 amide bonds. The molecule has 0 aliphatic rings. The summed E-state index contributed by atoms with van der Waals surface area (Å²) >= 11 is 6.80. The second-order valence-corrected chi connectivity index (χ2v) is 13.2. The van der Waals surface area contributed by atoms with E-state index in [0.717, 1.165) is 16.3 Å². The molecule has 0 spiro atoms. The molecule has 0 radical (unpaired) electrons. The first kappa shape index (κ1) is 29.1. The number of rotatable bonds is 6. The summed E-state index contributed by atoms with van der Waals surface area (Å²) in [5.41, 5.74) is 3.62. The normalized spacial score (nSPS) is 12.8. The van der Waals surface area contributed by atoms with E-state index in [2.05, 4.69) is 73.5 Å². The minimum absolute atomic E-state index is 0.0165. The van der Waals surface area contributed by atoms with Crippen LogP contribution in [0.3, 0.4) is 0 Å². The van der Waals surface area contributed by atoms with Crippen molar-refractivity contribution < 1.29 is 0 Å². The summed E-state index contributed by atoms with van der Waals surface area (Å²) in [5.74, 6) is 0. The summed E-state index contributed by atoms with van der Waals surface area (Å²) in [5, 5.41) is 28.5. The minimum Gasteiger partial charge on any atom is -0.383 e. The number of pyridine rings is 2. The summed E-state index contributed by atoms with van der Waals surface area (Å²) in [6.07, 6.45) is 5.24. The van der Waals surface area contributed by atoms with Crippen LogP contribution in [0.2, 0.25) is 5.02 Å². The Bertz CT molecular complexity index is 1900. The molecule has 0 saturated carbocycles. The van der Waals surface area contributed by atoms with Gasteiger partial charge in [-0.2, -0.15) is 5.26 Å². The van der Waals surface area contributed by atoms with E-state index in [4.69, 9.17) is 11.6 Å². The highest BCUT2D eigenvalue weighted by Crippen LogP contribution is 2.37. The number of fused-ring (bicyclic) bond motifs is 2. The smallest absolute Gasteiger partial charge is 0.258 e. The van der Waals surface area contributed by atoms with Crippen LogP contribution in [0.15, 0.2) is 59.8 Å². The lowest BCUT2D eigenvalue weighted by Crippen LogP contribution is -2.22. The van der Waals surface area contributed by atoms with Gasteiger partial charge in [-0.1, -0.05) is 49.7 Å². The molecule has 3 heterocycles. The number of nitrogens with zero attached hydrogens (tertiary/aromatic N) is 6. The van der Waals surface area contributed by atoms with Crippen LogP contribution in [0.5, 0.6) is 0 Å². The highest BCUT2D eigenvalue weighted by atomic mass is 35.5. The van der Waals surface area contributed by atoms with E-state index in [1.54, 1.807) is 24.0 Å². The third-order valence-electron chi connectivity index (χ3n) is 7.11. The SMILES string of the molecule is Cn1ccc2c(C(Nc3cc(Cl)c4ncc(C#N)c(NCC(C)(C)C)c4c3)c3cn(C(C)(C)C)nn3)cccc2c1=O. The van der Waals surface area contributed by atoms with Crippen LogP contribution in [0.4, 0.5) is 11.4 Å². The van der Waals surface area contributed by atoms with Gasteiger partial charge in [-0.25, -0.2) is 4.68 Å². The minimum atomic E-state index is -0.469. The van der Waals surface area contributed by atoms with E-state index in [1.165, 1.54) is 0 Å². The maximum Gasteiger partial charge on any atom is 0.258 e. The predicted octanol–water partition coefficient (Wildman–Crippen LogP) is 6.62. The number of nitriles is 1. The number of aryl methyl sites for hydroxylation is 1. The highest BCUT2D eigenvalue weighted by Gasteiger charge is 2.25. The average Bonchev–Trinajstić information content (AvgIpc) is 3.43. The van der Waals surface area contributed by atoms with Crippen LogP contribution in [-0.4, -0.2) is 31.1 Å². The Labute approximate surface area is 250 Å². The first-order chi connectivity index (χ1) is 19.8. The van der Waals surface area contributed by atoms with Crippen LogP contribution >= 0.6 is 11.6 Å². The molecule has 0 aliphatic heterocycles. The van der Waals surface area contributed by atoms with Gasteiger partial charge in [-0.15, -0.1) is 5.10 Å². The Morgan fingerprint density at radius 3 is 2.50 bits per heavy atom. The van der Waals surface area contributed by atoms with Gasteiger partial charge in [0.15, 0.2) is 0 Å². The van der Waals surface area contributed by atoms with Crippen molar-refractivity contribution in [3.05, 3.63) is 87.2 Å². The van der Waals surface area contributed by atoms with Crippen molar-refractivity contribution >= 4 is 44.7 Å². The van der Waals surface area contributed by atoms with Gasteiger partial charge in [0.25, 0.3) is 5.56 Å². The first-order valence-electron chi connectivity index (χ1n) is 13.8. The molecule has 2 aromatic carbocycles. The lowest BCUT2D eigenvalue weighted by molar-refractivity contribution is 0.347. The Morgan fingerprint density at radius 2 is 1.83 bits per heavy atom. The number of halogens is 1. The molecule has 0 fully saturated rings. The highest BCUT2D eigenvalue weighted by molar-refractivity contribution is 6.35. The van der Waals surface area contributed by atoms with Crippen LogP contribution in [0, 0.1) is 16.7 Å². The van der Waals surface area contributed by atoms with Gasteiger partial charge < -0.3 is 15.2 Å². The Kier molecular flexibility index (Phi) is 7.46. The van der Waals surface area contributed by atoms with Crippen molar-refractivity contribution in [3.8, 4) is 6.07 Å². The van der Waals surface area contributed by atoms with E-state index in [-0.39, 0.29) is 16.5 Å². The van der Waals surface area contributed by atoms with E-state index < -0.39 is 6.04 Å². The number of benzene rings is 2. The fraction of sp³-hybridized carbons (Fsp3) is 0.344. The lowest BCUT2D eigenvalue weighted by Gasteiger charge is -2.23. The third-order valence-corrected chi connectivity index (χ3v) is 7.40. The van der Waals surface area contributed by atoms with Gasteiger partial charge in [0.1, 0.15) is 11.8 Å². The van der Waals surface area contributed by atoms with Gasteiger partial charge in [0.2, 0.25) is 0 Å². The molecule has 42 heavy (non-hydrogen) atoms. The van der Waals surface area contributed by atoms with Crippen LogP contribution in [-0.2, 0) is 12.6 Å². The maximum atomic E-state index is 13.0. The molecule has 10 heteroatoms. The molecule has 0 bridgehead atoms. The summed E-state index contributed by atoms with van der Waals surface area (Å²) in [4.78, 5) is 17.5. The van der Waals surface area contributed by atoms with Crippen LogP contribution in [0.25, 0.3) is 21.7 Å². The number of hydrogen-bond donors (Lipinski definition) is 2. The Morgan fingerprint density at radius 1 is 1.07 bits per heavy atom. The van der Waals surface area contributed by atoms with E-state index in [1.807, 2.05) is 47.3 Å². The van der Waals surface area contributed by atoms with Gasteiger partial charge in [-0.3, -0.25) is 9.78 Å². The fourth-order valence-electron chi connectivity index (χ4n) is 4.84. The molecule has 5 rings (SSSR count). The van der Waals surface area contributed by atoms with Crippen molar-refractivity contribution in [3.63, 3.8) is 0 Å². The molecule has 9 nitrogen and oxygen atoms in total. The van der Waals surface area contributed by atoms with Gasteiger partial charge in [0.05, 0.1) is 39.6 Å². The lowest BCUT2D eigenvalue weighted by atomic mass is 9.96. The monoisotopic (exact) mass is 582 g/mol. The maximum absolute atomic E-state index is 13.0. The van der Waals surface area contributed by atoms with Crippen molar-refractivity contribution in [2.45, 2.75) is 53.1 Å². The quantitative estimate of drug-likeness (QED) is 0.231. The van der Waals surface area contributed by atoms with E-state index >= 15 is 0 Å². The van der Waals surface area contributed by atoms with E-state index in [0.29, 0.717) is 45.1 Å². The molecule has 1 unspecified atom stereocenters. The first-order valence-corrected chi connectivity index (χ1v) is 14.2. The standard InChI is InChI=1S/C32H35ClN8O/c1-31(2,3)18-36-27-19(15-34)16-35-28-24(27)13-20(14-25(28)33)37-29(26-17-41(39-38-26)32(4,5)6)22-9-8-10-23-21(22)11-12-40(7)30(23)42/h8-14,16-17,29,37H,18H2,1-7H3,(H,35,36). The number of hydrogen-bond acceptors (Lipinski definition) is 7. The average molecular weight is 583 g/mol. The number of anilines is 2. The predicted molar refractivity (Wildman–Crippen MR) is 169 cm³/mol. The summed E-state index contributed by atoms with van der Waals surface area (Å²) in [6, 6.07) is 13.2. The van der Waals surface area contributed by atoms with Gasteiger partial charge >= 0.3 is 0 Å².